The Kier molecular flexibility index (Phi) is 5.50. The number of piperidine rings is 1. The van der Waals surface area contributed by atoms with Crippen LogP contribution in [0, 0.1) is 0 Å². The minimum absolute atomic E-state index is 0.0901. The average molecular weight is 332 g/mol. The number of amides is 1. The molecule has 0 spiro atoms. The van der Waals surface area contributed by atoms with Gasteiger partial charge in [-0.05, 0) is 39.8 Å². The summed E-state index contributed by atoms with van der Waals surface area (Å²) in [6, 6.07) is 2.28. The van der Waals surface area contributed by atoms with Crippen LogP contribution in [0.1, 0.15) is 25.7 Å². The van der Waals surface area contributed by atoms with Crippen LogP contribution in [-0.2, 0) is 4.79 Å². The van der Waals surface area contributed by atoms with Crippen molar-refractivity contribution in [2.75, 3.05) is 56.6 Å². The Bertz CT molecular complexity index is 558. The summed E-state index contributed by atoms with van der Waals surface area (Å²) in [5.74, 6) is 2.09. The van der Waals surface area contributed by atoms with Crippen LogP contribution in [0.3, 0.4) is 0 Å². The summed E-state index contributed by atoms with van der Waals surface area (Å²) in [7, 11) is 3.82. The van der Waals surface area contributed by atoms with Crippen molar-refractivity contribution in [2.45, 2.75) is 31.7 Å². The van der Waals surface area contributed by atoms with E-state index in [4.69, 9.17) is 0 Å². The molecule has 3 rings (SSSR count). The first-order valence-corrected chi connectivity index (χ1v) is 8.88. The summed E-state index contributed by atoms with van der Waals surface area (Å²) in [4.78, 5) is 27.4. The van der Waals surface area contributed by atoms with Gasteiger partial charge in [0.25, 0.3) is 0 Å². The SMILES string of the molecule is CN(C)CC(=O)NC1CCCN(c2cc(N3CCCC3)ncn2)C1. The van der Waals surface area contributed by atoms with E-state index < -0.39 is 0 Å². The van der Waals surface area contributed by atoms with Crippen LogP contribution in [0.25, 0.3) is 0 Å². The smallest absolute Gasteiger partial charge is 0.234 e. The van der Waals surface area contributed by atoms with Crippen LogP contribution in [0.2, 0.25) is 0 Å². The third-order valence-electron chi connectivity index (χ3n) is 4.64. The third kappa shape index (κ3) is 4.35. The Labute approximate surface area is 144 Å². The first kappa shape index (κ1) is 17.0. The van der Waals surface area contributed by atoms with Gasteiger partial charge in [-0.2, -0.15) is 0 Å². The summed E-state index contributed by atoms with van der Waals surface area (Å²) in [6.45, 7) is 4.40. The van der Waals surface area contributed by atoms with Gasteiger partial charge in [0.15, 0.2) is 0 Å². The van der Waals surface area contributed by atoms with Crippen molar-refractivity contribution in [3.8, 4) is 0 Å². The van der Waals surface area contributed by atoms with Gasteiger partial charge in [0.05, 0.1) is 6.54 Å². The van der Waals surface area contributed by atoms with E-state index in [1.165, 1.54) is 12.8 Å². The van der Waals surface area contributed by atoms with E-state index in [0.717, 1.165) is 50.7 Å². The molecule has 0 saturated carbocycles. The molecule has 0 radical (unpaired) electrons. The van der Waals surface area contributed by atoms with Gasteiger partial charge in [-0.15, -0.1) is 0 Å². The van der Waals surface area contributed by atoms with Gasteiger partial charge in [0.1, 0.15) is 18.0 Å². The maximum Gasteiger partial charge on any atom is 0.234 e. The first-order chi connectivity index (χ1) is 11.6. The molecule has 7 nitrogen and oxygen atoms in total. The highest BCUT2D eigenvalue weighted by molar-refractivity contribution is 5.78. The van der Waals surface area contributed by atoms with E-state index in [9.17, 15) is 4.79 Å². The zero-order chi connectivity index (χ0) is 16.9. The summed E-state index contributed by atoms with van der Waals surface area (Å²) in [5, 5.41) is 3.14. The largest absolute Gasteiger partial charge is 0.356 e. The van der Waals surface area contributed by atoms with Gasteiger partial charge in [0.2, 0.25) is 5.91 Å². The second-order valence-electron chi connectivity index (χ2n) is 7.02. The van der Waals surface area contributed by atoms with E-state index in [1.54, 1.807) is 6.33 Å². The Morgan fingerprint density at radius 1 is 1.17 bits per heavy atom. The molecule has 132 valence electrons. The lowest BCUT2D eigenvalue weighted by Gasteiger charge is -2.34. The minimum Gasteiger partial charge on any atom is -0.356 e. The molecule has 1 unspecified atom stereocenters. The monoisotopic (exact) mass is 332 g/mol. The highest BCUT2D eigenvalue weighted by Crippen LogP contribution is 2.23. The second kappa shape index (κ2) is 7.79. The summed E-state index contributed by atoms with van der Waals surface area (Å²) in [5.41, 5.74) is 0. The molecule has 2 fully saturated rings. The molecule has 0 aliphatic carbocycles. The number of nitrogens with zero attached hydrogens (tertiary/aromatic N) is 5. The van der Waals surface area contributed by atoms with Crippen LogP contribution in [-0.4, -0.2) is 73.6 Å². The maximum atomic E-state index is 12.0. The number of carbonyl (C=O) groups is 1. The predicted octanol–water partition coefficient (Wildman–Crippen LogP) is 0.723. The maximum absolute atomic E-state index is 12.0. The molecule has 2 saturated heterocycles. The van der Waals surface area contributed by atoms with Crippen molar-refractivity contribution in [3.05, 3.63) is 12.4 Å². The Balaban J connectivity index is 1.62. The summed E-state index contributed by atoms with van der Waals surface area (Å²) in [6.07, 6.45) is 6.24. The number of rotatable bonds is 5. The quantitative estimate of drug-likeness (QED) is 0.857. The number of nitrogens with one attached hydrogen (secondary N) is 1. The van der Waals surface area contributed by atoms with E-state index in [2.05, 4.69) is 31.2 Å². The fourth-order valence-electron chi connectivity index (χ4n) is 3.49. The van der Waals surface area contributed by atoms with E-state index in [1.807, 2.05) is 19.0 Å². The molecule has 2 aliphatic rings. The Hall–Kier alpha value is -1.89. The number of hydrogen-bond donors (Lipinski definition) is 1. The lowest BCUT2D eigenvalue weighted by atomic mass is 10.1. The van der Waals surface area contributed by atoms with E-state index in [0.29, 0.717) is 6.54 Å². The van der Waals surface area contributed by atoms with Crippen LogP contribution in [0.15, 0.2) is 12.4 Å². The second-order valence-corrected chi connectivity index (χ2v) is 7.02. The van der Waals surface area contributed by atoms with E-state index in [-0.39, 0.29) is 11.9 Å². The molecule has 0 bridgehead atoms. The number of carbonyl (C=O) groups excluding carboxylic acids is 1. The highest BCUT2D eigenvalue weighted by atomic mass is 16.2. The molecular weight excluding hydrogens is 304 g/mol. The number of anilines is 2. The normalized spacial score (nSPS) is 21.4. The molecule has 1 N–H and O–H groups in total. The lowest BCUT2D eigenvalue weighted by molar-refractivity contribution is -0.122. The van der Waals surface area contributed by atoms with Crippen molar-refractivity contribution in [1.82, 2.24) is 20.2 Å². The van der Waals surface area contributed by atoms with Crippen molar-refractivity contribution in [3.63, 3.8) is 0 Å². The van der Waals surface area contributed by atoms with Crippen LogP contribution in [0.5, 0.6) is 0 Å². The Morgan fingerprint density at radius 2 is 1.83 bits per heavy atom. The van der Waals surface area contributed by atoms with Gasteiger partial charge in [-0.25, -0.2) is 9.97 Å². The highest BCUT2D eigenvalue weighted by Gasteiger charge is 2.23. The Morgan fingerprint density at radius 3 is 2.54 bits per heavy atom. The lowest BCUT2D eigenvalue weighted by Crippen LogP contribution is -2.49. The van der Waals surface area contributed by atoms with E-state index >= 15 is 0 Å². The standard InChI is InChI=1S/C17H28N6O/c1-21(2)12-17(24)20-14-6-5-9-23(11-14)16-10-15(18-13-19-16)22-7-3-4-8-22/h10,13-14H,3-9,11-12H2,1-2H3,(H,20,24). The van der Waals surface area contributed by atoms with Crippen molar-refractivity contribution >= 4 is 17.5 Å². The van der Waals surface area contributed by atoms with Crippen molar-refractivity contribution in [2.24, 2.45) is 0 Å². The molecular formula is C17H28N6O. The number of likely N-dealkylation sites (N-methyl/N-ethyl adjacent to an activating group) is 1. The third-order valence-corrected chi connectivity index (χ3v) is 4.64. The number of hydrogen-bond acceptors (Lipinski definition) is 6. The van der Waals surface area contributed by atoms with Gasteiger partial charge in [-0.1, -0.05) is 0 Å². The average Bonchev–Trinajstić information content (AvgIpc) is 3.09. The molecule has 1 atom stereocenters. The molecule has 1 aromatic heterocycles. The molecule has 24 heavy (non-hydrogen) atoms. The van der Waals surface area contributed by atoms with Gasteiger partial charge in [0, 0.05) is 38.3 Å². The molecule has 7 heteroatoms. The fourth-order valence-corrected chi connectivity index (χ4v) is 3.49. The van der Waals surface area contributed by atoms with Crippen LogP contribution in [0.4, 0.5) is 11.6 Å². The predicted molar refractivity (Wildman–Crippen MR) is 95.4 cm³/mol. The first-order valence-electron chi connectivity index (χ1n) is 8.88. The summed E-state index contributed by atoms with van der Waals surface area (Å²) < 4.78 is 0. The van der Waals surface area contributed by atoms with Crippen molar-refractivity contribution < 1.29 is 4.79 Å². The van der Waals surface area contributed by atoms with Gasteiger partial charge in [-0.3, -0.25) is 4.79 Å². The molecule has 3 heterocycles. The molecule has 1 aromatic rings. The van der Waals surface area contributed by atoms with Crippen LogP contribution >= 0.6 is 0 Å². The van der Waals surface area contributed by atoms with Gasteiger partial charge < -0.3 is 20.0 Å². The van der Waals surface area contributed by atoms with Crippen molar-refractivity contribution in [1.29, 1.82) is 0 Å². The minimum atomic E-state index is 0.0901. The van der Waals surface area contributed by atoms with Gasteiger partial charge >= 0.3 is 0 Å². The zero-order valence-electron chi connectivity index (χ0n) is 14.7. The number of aromatic nitrogens is 2. The summed E-state index contributed by atoms with van der Waals surface area (Å²) >= 11 is 0. The fraction of sp³-hybridized carbons (Fsp3) is 0.706. The zero-order valence-corrected chi connectivity index (χ0v) is 14.7. The van der Waals surface area contributed by atoms with Crippen LogP contribution < -0.4 is 15.1 Å². The molecule has 2 aliphatic heterocycles. The topological polar surface area (TPSA) is 64.6 Å². The molecule has 0 aromatic carbocycles. The molecule has 1 amide bonds.